The van der Waals surface area contributed by atoms with E-state index in [1.807, 2.05) is 0 Å². The van der Waals surface area contributed by atoms with Gasteiger partial charge in [0.05, 0.1) is 25.4 Å². The molecule has 15 N–H and O–H groups in total. The molecule has 17 heteroatoms. The summed E-state index contributed by atoms with van der Waals surface area (Å²) in [6, 6.07) is 0. The van der Waals surface area contributed by atoms with Crippen molar-refractivity contribution in [2.45, 2.75) is 107 Å². The molecule has 0 spiro atoms. The third-order valence-corrected chi connectivity index (χ3v) is 5.56. The van der Waals surface area contributed by atoms with Crippen molar-refractivity contribution in [2.75, 3.05) is 26.3 Å². The number of hydrogen-bond donors (Lipinski definition) is 15. The van der Waals surface area contributed by atoms with E-state index in [9.17, 15) is 55.9 Å². The summed E-state index contributed by atoms with van der Waals surface area (Å²) < 4.78 is 5.23. The molecule has 0 rings (SSSR count). The van der Waals surface area contributed by atoms with Crippen LogP contribution in [0.25, 0.3) is 0 Å². The summed E-state index contributed by atoms with van der Waals surface area (Å²) in [5.74, 6) is 0. The molecule has 0 radical (unpaired) electrons. The Labute approximate surface area is 226 Å². The van der Waals surface area contributed by atoms with Crippen LogP contribution in [0.2, 0.25) is 0 Å². The number of carbonyl (C=O) groups is 1. The molecule has 0 saturated heterocycles. The first-order valence-corrected chi connectivity index (χ1v) is 12.4. The molecule has 11 atom stereocenters. The van der Waals surface area contributed by atoms with Crippen LogP contribution in [0.15, 0.2) is 0 Å². The molecule has 0 unspecified atom stereocenters. The number of hydrogen-bond acceptors (Lipinski definition) is 16. The highest BCUT2D eigenvalue weighted by atomic mass is 16.6. The van der Waals surface area contributed by atoms with E-state index in [-0.39, 0.29) is 12.8 Å². The molecular weight excluding hydrogens is 530 g/mol. The van der Waals surface area contributed by atoms with E-state index in [1.54, 1.807) is 20.8 Å². The number of nitrogens with one attached hydrogen (secondary N) is 3. The smallest absolute Gasteiger partial charge is 0.407 e. The maximum atomic E-state index is 12.2. The lowest BCUT2D eigenvalue weighted by Gasteiger charge is -2.30. The van der Waals surface area contributed by atoms with Crippen LogP contribution in [-0.2, 0) is 4.74 Å². The predicted molar refractivity (Wildman–Crippen MR) is 133 cm³/mol. The monoisotopic (exact) mass is 577 g/mol. The van der Waals surface area contributed by atoms with Gasteiger partial charge in [-0.3, -0.25) is 10.6 Å². The van der Waals surface area contributed by atoms with E-state index in [2.05, 4.69) is 16.0 Å². The molecule has 0 aromatic heterocycles. The SMILES string of the molecule is CC(C)(C)NC(=O)O[C@@H](CC[C@H](O)NC[C@H](O)[C@@H](O)[C@H](O)[C@H](O)CO)[C@H](O)NC[C@H](O)[C@@H](O)[C@H](O)[C@H](O)CO. The van der Waals surface area contributed by atoms with Crippen LogP contribution in [-0.4, -0.2) is 167 Å². The zero-order valence-corrected chi connectivity index (χ0v) is 22.3. The van der Waals surface area contributed by atoms with E-state index in [4.69, 9.17) is 14.9 Å². The molecule has 0 saturated carbocycles. The summed E-state index contributed by atoms with van der Waals surface area (Å²) in [7, 11) is 0. The van der Waals surface area contributed by atoms with Crippen LogP contribution in [0.3, 0.4) is 0 Å². The molecule has 0 aliphatic rings. The van der Waals surface area contributed by atoms with Crippen molar-refractivity contribution in [1.29, 1.82) is 0 Å². The summed E-state index contributed by atoms with van der Waals surface area (Å²) in [6.45, 7) is 2.27. The fourth-order valence-corrected chi connectivity index (χ4v) is 3.18. The molecule has 0 fully saturated rings. The number of aliphatic hydroxyl groups is 12. The lowest BCUT2D eigenvalue weighted by atomic mass is 10.0. The minimum absolute atomic E-state index is 0.191. The highest BCUT2D eigenvalue weighted by Gasteiger charge is 2.33. The van der Waals surface area contributed by atoms with E-state index in [0.717, 1.165) is 0 Å². The lowest BCUT2D eigenvalue weighted by Crippen LogP contribution is -2.53. The zero-order chi connectivity index (χ0) is 30.5. The van der Waals surface area contributed by atoms with E-state index in [1.165, 1.54) is 0 Å². The number of ether oxygens (including phenoxy) is 1. The van der Waals surface area contributed by atoms with Gasteiger partial charge in [-0.05, 0) is 33.6 Å². The molecule has 0 aromatic carbocycles. The van der Waals surface area contributed by atoms with Gasteiger partial charge in [-0.15, -0.1) is 0 Å². The Morgan fingerprint density at radius 1 is 0.667 bits per heavy atom. The van der Waals surface area contributed by atoms with Crippen molar-refractivity contribution in [3.05, 3.63) is 0 Å². The largest absolute Gasteiger partial charge is 0.442 e. The molecule has 0 heterocycles. The minimum Gasteiger partial charge on any atom is -0.442 e. The molecule has 0 aliphatic carbocycles. The van der Waals surface area contributed by atoms with Crippen LogP contribution in [0.4, 0.5) is 4.79 Å². The Morgan fingerprint density at radius 2 is 1.08 bits per heavy atom. The number of amides is 1. The van der Waals surface area contributed by atoms with Crippen molar-refractivity contribution < 1.29 is 70.8 Å². The first-order valence-electron chi connectivity index (χ1n) is 12.4. The van der Waals surface area contributed by atoms with Crippen molar-refractivity contribution in [3.8, 4) is 0 Å². The average molecular weight is 578 g/mol. The Morgan fingerprint density at radius 3 is 1.49 bits per heavy atom. The van der Waals surface area contributed by atoms with Crippen LogP contribution < -0.4 is 16.0 Å². The van der Waals surface area contributed by atoms with E-state index >= 15 is 0 Å². The van der Waals surface area contributed by atoms with Gasteiger partial charge in [-0.25, -0.2) is 4.79 Å². The van der Waals surface area contributed by atoms with Gasteiger partial charge >= 0.3 is 6.09 Å². The molecular formula is C22H47N3O14. The molecule has 1 amide bonds. The van der Waals surface area contributed by atoms with Crippen molar-refractivity contribution >= 4 is 6.09 Å². The Kier molecular flexibility index (Phi) is 17.6. The Bertz CT molecular complexity index is 672. The molecule has 234 valence electrons. The van der Waals surface area contributed by atoms with Gasteiger partial charge in [0.15, 0.2) is 0 Å². The van der Waals surface area contributed by atoms with Crippen molar-refractivity contribution in [1.82, 2.24) is 16.0 Å². The van der Waals surface area contributed by atoms with Crippen LogP contribution >= 0.6 is 0 Å². The second-order valence-electron chi connectivity index (χ2n) is 10.3. The highest BCUT2D eigenvalue weighted by Crippen LogP contribution is 2.12. The van der Waals surface area contributed by atoms with Crippen molar-refractivity contribution in [2.24, 2.45) is 0 Å². The molecule has 39 heavy (non-hydrogen) atoms. The minimum atomic E-state index is -1.90. The standard InChI is InChI=1S/C22H47N3O14/c1-22(2,3)25-21(38)39-14(20(37)24-7-11(29)17(34)19(36)13(31)9-27)4-5-15(32)23-6-10(28)16(33)18(35)12(30)8-26/h10-20,23-24,26-37H,4-9H2,1-3H3,(H,25,38)/t10-,11-,12+,13+,14-,15-,16+,17+,18+,19+,20-/m0/s1. The summed E-state index contributed by atoms with van der Waals surface area (Å²) >= 11 is 0. The Balaban J connectivity index is 5.10. The maximum Gasteiger partial charge on any atom is 0.407 e. The van der Waals surface area contributed by atoms with Gasteiger partial charge in [-0.2, -0.15) is 0 Å². The molecule has 0 aromatic rings. The number of aliphatic hydroxyl groups excluding tert-OH is 12. The third-order valence-electron chi connectivity index (χ3n) is 5.56. The summed E-state index contributed by atoms with van der Waals surface area (Å²) in [5, 5.41) is 124. The third kappa shape index (κ3) is 14.8. The maximum absolute atomic E-state index is 12.2. The van der Waals surface area contributed by atoms with Gasteiger partial charge in [0.25, 0.3) is 0 Å². The first kappa shape index (κ1) is 37.7. The lowest BCUT2D eigenvalue weighted by molar-refractivity contribution is -0.117. The quantitative estimate of drug-likeness (QED) is 0.0634. The zero-order valence-electron chi connectivity index (χ0n) is 22.3. The highest BCUT2D eigenvalue weighted by molar-refractivity contribution is 5.68. The van der Waals surface area contributed by atoms with Gasteiger partial charge in [0.2, 0.25) is 0 Å². The first-order chi connectivity index (χ1) is 17.9. The molecule has 17 nitrogen and oxygen atoms in total. The molecule has 0 aliphatic heterocycles. The Hall–Kier alpha value is -1.29. The van der Waals surface area contributed by atoms with Gasteiger partial charge < -0.3 is 71.3 Å². The average Bonchev–Trinajstić information content (AvgIpc) is 2.88. The number of carbonyl (C=O) groups excluding carboxylic acids is 1. The second-order valence-corrected chi connectivity index (χ2v) is 10.3. The number of rotatable bonds is 19. The molecule has 0 bridgehead atoms. The second kappa shape index (κ2) is 18.2. The van der Waals surface area contributed by atoms with Gasteiger partial charge in [0, 0.05) is 18.6 Å². The normalized spacial score (nSPS) is 21.0. The van der Waals surface area contributed by atoms with Gasteiger partial charge in [-0.1, -0.05) is 0 Å². The van der Waals surface area contributed by atoms with Crippen molar-refractivity contribution in [3.63, 3.8) is 0 Å². The topological polar surface area (TPSA) is 305 Å². The predicted octanol–water partition coefficient (Wildman–Crippen LogP) is -6.65. The summed E-state index contributed by atoms with van der Waals surface area (Å²) in [5.41, 5.74) is -0.698. The fourth-order valence-electron chi connectivity index (χ4n) is 3.18. The van der Waals surface area contributed by atoms with Crippen LogP contribution in [0, 0.1) is 0 Å². The van der Waals surface area contributed by atoms with Gasteiger partial charge in [0.1, 0.15) is 55.2 Å². The van der Waals surface area contributed by atoms with Crippen LogP contribution in [0.1, 0.15) is 33.6 Å². The fraction of sp³-hybridized carbons (Fsp3) is 0.955. The summed E-state index contributed by atoms with van der Waals surface area (Å²) in [6.07, 6.45) is -20.0. The summed E-state index contributed by atoms with van der Waals surface area (Å²) in [4.78, 5) is 12.2. The van der Waals surface area contributed by atoms with E-state index < -0.39 is 105 Å². The number of alkyl carbamates (subject to hydrolysis) is 1. The van der Waals surface area contributed by atoms with Crippen LogP contribution in [0.5, 0.6) is 0 Å². The van der Waals surface area contributed by atoms with E-state index in [0.29, 0.717) is 0 Å².